The number of rotatable bonds is 1. The SMILES string of the molecule is CC(C)(C)c1csc2nnc(CN)n12. The molecule has 2 heterocycles. The van der Waals surface area contributed by atoms with E-state index in [-0.39, 0.29) is 5.41 Å². The second-order valence-electron chi connectivity index (χ2n) is 4.31. The third-order valence-corrected chi connectivity index (χ3v) is 2.98. The van der Waals surface area contributed by atoms with Gasteiger partial charge in [-0.1, -0.05) is 20.8 Å². The van der Waals surface area contributed by atoms with Gasteiger partial charge in [-0.3, -0.25) is 4.40 Å². The molecule has 4 nitrogen and oxygen atoms in total. The van der Waals surface area contributed by atoms with Crippen LogP contribution in [0.4, 0.5) is 0 Å². The van der Waals surface area contributed by atoms with Crippen LogP contribution in [-0.2, 0) is 12.0 Å². The van der Waals surface area contributed by atoms with Crippen molar-refractivity contribution < 1.29 is 0 Å². The molecule has 14 heavy (non-hydrogen) atoms. The highest BCUT2D eigenvalue weighted by Crippen LogP contribution is 2.27. The average molecular weight is 210 g/mol. The molecule has 0 aliphatic rings. The third kappa shape index (κ3) is 1.33. The molecular weight excluding hydrogens is 196 g/mol. The Morgan fingerprint density at radius 2 is 2.14 bits per heavy atom. The van der Waals surface area contributed by atoms with Crippen molar-refractivity contribution >= 4 is 16.3 Å². The summed E-state index contributed by atoms with van der Waals surface area (Å²) in [7, 11) is 0. The van der Waals surface area contributed by atoms with Crippen molar-refractivity contribution in [2.24, 2.45) is 5.73 Å². The number of hydrogen-bond donors (Lipinski definition) is 1. The molecule has 0 unspecified atom stereocenters. The number of hydrogen-bond acceptors (Lipinski definition) is 4. The summed E-state index contributed by atoms with van der Waals surface area (Å²) < 4.78 is 2.06. The molecule has 0 aliphatic carbocycles. The van der Waals surface area contributed by atoms with Crippen LogP contribution in [0.2, 0.25) is 0 Å². The molecule has 0 radical (unpaired) electrons. The van der Waals surface area contributed by atoms with Crippen molar-refractivity contribution in [2.75, 3.05) is 0 Å². The molecule has 0 fully saturated rings. The normalized spacial score (nSPS) is 12.6. The lowest BCUT2D eigenvalue weighted by atomic mass is 9.93. The van der Waals surface area contributed by atoms with Gasteiger partial charge in [-0.2, -0.15) is 0 Å². The average Bonchev–Trinajstić information content (AvgIpc) is 2.59. The van der Waals surface area contributed by atoms with E-state index in [0.29, 0.717) is 6.54 Å². The van der Waals surface area contributed by atoms with Crippen LogP contribution in [0.5, 0.6) is 0 Å². The van der Waals surface area contributed by atoms with Gasteiger partial charge in [0.25, 0.3) is 0 Å². The topological polar surface area (TPSA) is 56.2 Å². The summed E-state index contributed by atoms with van der Waals surface area (Å²) in [6.45, 7) is 6.96. The molecule has 76 valence electrons. The van der Waals surface area contributed by atoms with Gasteiger partial charge in [-0.05, 0) is 0 Å². The maximum atomic E-state index is 5.61. The molecule has 0 aromatic carbocycles. The van der Waals surface area contributed by atoms with Crippen LogP contribution in [0, 0.1) is 0 Å². The number of thiazole rings is 1. The highest BCUT2D eigenvalue weighted by Gasteiger charge is 2.21. The van der Waals surface area contributed by atoms with Crippen LogP contribution < -0.4 is 5.73 Å². The first-order valence-electron chi connectivity index (χ1n) is 4.56. The molecule has 2 rings (SSSR count). The Morgan fingerprint density at radius 3 is 2.71 bits per heavy atom. The van der Waals surface area contributed by atoms with Crippen LogP contribution in [0.15, 0.2) is 5.38 Å². The quantitative estimate of drug-likeness (QED) is 0.777. The van der Waals surface area contributed by atoms with Gasteiger partial charge in [0.05, 0.1) is 6.54 Å². The van der Waals surface area contributed by atoms with Crippen molar-refractivity contribution in [2.45, 2.75) is 32.7 Å². The zero-order valence-electron chi connectivity index (χ0n) is 8.61. The van der Waals surface area contributed by atoms with Gasteiger partial charge in [0.1, 0.15) is 0 Å². The molecule has 2 aromatic rings. The molecule has 0 spiro atoms. The highest BCUT2D eigenvalue weighted by molar-refractivity contribution is 7.15. The third-order valence-electron chi connectivity index (χ3n) is 2.17. The Hall–Kier alpha value is -0.940. The summed E-state index contributed by atoms with van der Waals surface area (Å²) >= 11 is 1.61. The van der Waals surface area contributed by atoms with Crippen molar-refractivity contribution in [3.63, 3.8) is 0 Å². The second-order valence-corrected chi connectivity index (χ2v) is 5.15. The Labute approximate surface area is 86.8 Å². The minimum Gasteiger partial charge on any atom is -0.324 e. The lowest BCUT2D eigenvalue weighted by Gasteiger charge is -2.17. The first-order valence-corrected chi connectivity index (χ1v) is 5.44. The van der Waals surface area contributed by atoms with Crippen molar-refractivity contribution in [3.05, 3.63) is 16.9 Å². The molecule has 0 aliphatic heterocycles. The van der Waals surface area contributed by atoms with E-state index in [1.807, 2.05) is 0 Å². The van der Waals surface area contributed by atoms with Crippen molar-refractivity contribution in [1.29, 1.82) is 0 Å². The zero-order chi connectivity index (χ0) is 10.3. The molecule has 2 aromatic heterocycles. The molecule has 0 amide bonds. The Morgan fingerprint density at radius 1 is 1.43 bits per heavy atom. The monoisotopic (exact) mass is 210 g/mol. The van der Waals surface area contributed by atoms with Gasteiger partial charge in [0.2, 0.25) is 4.96 Å². The Balaban J connectivity index is 2.71. The number of fused-ring (bicyclic) bond motifs is 1. The number of aromatic nitrogens is 3. The minimum absolute atomic E-state index is 0.102. The highest BCUT2D eigenvalue weighted by atomic mass is 32.1. The fourth-order valence-corrected chi connectivity index (χ4v) is 2.50. The largest absolute Gasteiger partial charge is 0.324 e. The van der Waals surface area contributed by atoms with E-state index in [1.165, 1.54) is 5.69 Å². The molecular formula is C9H14N4S. The molecule has 0 saturated carbocycles. The first kappa shape index (κ1) is 9.61. The van der Waals surface area contributed by atoms with Gasteiger partial charge in [-0.25, -0.2) is 0 Å². The van der Waals surface area contributed by atoms with Crippen LogP contribution in [0.25, 0.3) is 4.96 Å². The predicted octanol–water partition coefficient (Wildman–Crippen LogP) is 1.55. The van der Waals surface area contributed by atoms with Gasteiger partial charge in [0, 0.05) is 16.5 Å². The Kier molecular flexibility index (Phi) is 2.08. The first-order chi connectivity index (χ1) is 6.54. The fraction of sp³-hybridized carbons (Fsp3) is 0.556. The van der Waals surface area contributed by atoms with Crippen LogP contribution >= 0.6 is 11.3 Å². The van der Waals surface area contributed by atoms with E-state index in [2.05, 4.69) is 40.7 Å². The lowest BCUT2D eigenvalue weighted by Crippen LogP contribution is -2.16. The van der Waals surface area contributed by atoms with Gasteiger partial charge in [0.15, 0.2) is 5.82 Å². The van der Waals surface area contributed by atoms with Gasteiger partial charge < -0.3 is 5.73 Å². The number of nitrogens with zero attached hydrogens (tertiary/aromatic N) is 3. The Bertz CT molecular complexity index is 449. The van der Waals surface area contributed by atoms with E-state index in [0.717, 1.165) is 10.8 Å². The van der Waals surface area contributed by atoms with Gasteiger partial charge in [-0.15, -0.1) is 21.5 Å². The van der Waals surface area contributed by atoms with Crippen molar-refractivity contribution in [3.8, 4) is 0 Å². The maximum absolute atomic E-state index is 5.61. The molecule has 0 saturated heterocycles. The van der Waals surface area contributed by atoms with Crippen LogP contribution in [0.1, 0.15) is 32.3 Å². The van der Waals surface area contributed by atoms with E-state index in [1.54, 1.807) is 11.3 Å². The van der Waals surface area contributed by atoms with Crippen molar-refractivity contribution in [1.82, 2.24) is 14.6 Å². The second kappa shape index (κ2) is 3.03. The standard InChI is InChI=1S/C9H14N4S/c1-9(2,3)6-5-14-8-12-11-7(4-10)13(6)8/h5H,4,10H2,1-3H3. The summed E-state index contributed by atoms with van der Waals surface area (Å²) in [5, 5.41) is 10.2. The summed E-state index contributed by atoms with van der Waals surface area (Å²) in [6, 6.07) is 0. The molecule has 0 bridgehead atoms. The molecule has 2 N–H and O–H groups in total. The zero-order valence-corrected chi connectivity index (χ0v) is 9.43. The smallest absolute Gasteiger partial charge is 0.216 e. The predicted molar refractivity (Wildman–Crippen MR) is 57.5 cm³/mol. The summed E-state index contributed by atoms with van der Waals surface area (Å²) in [5.41, 5.74) is 6.94. The van der Waals surface area contributed by atoms with Crippen LogP contribution in [-0.4, -0.2) is 14.6 Å². The molecule has 0 atom stereocenters. The maximum Gasteiger partial charge on any atom is 0.216 e. The van der Waals surface area contributed by atoms with Crippen LogP contribution in [0.3, 0.4) is 0 Å². The van der Waals surface area contributed by atoms with Gasteiger partial charge >= 0.3 is 0 Å². The van der Waals surface area contributed by atoms with E-state index < -0.39 is 0 Å². The van der Waals surface area contributed by atoms with E-state index in [9.17, 15) is 0 Å². The summed E-state index contributed by atoms with van der Waals surface area (Å²) in [6.07, 6.45) is 0. The number of nitrogens with two attached hydrogens (primary N) is 1. The summed E-state index contributed by atoms with van der Waals surface area (Å²) in [4.78, 5) is 0.926. The van der Waals surface area contributed by atoms with E-state index >= 15 is 0 Å². The minimum atomic E-state index is 0.102. The molecule has 5 heteroatoms. The lowest BCUT2D eigenvalue weighted by molar-refractivity contribution is 0.559. The van der Waals surface area contributed by atoms with E-state index in [4.69, 9.17) is 5.73 Å². The summed E-state index contributed by atoms with van der Waals surface area (Å²) in [5.74, 6) is 0.839. The fourth-order valence-electron chi connectivity index (χ4n) is 1.42.